The van der Waals surface area contributed by atoms with Crippen LogP contribution in [-0.4, -0.2) is 10.8 Å². The van der Waals surface area contributed by atoms with Crippen molar-refractivity contribution in [3.63, 3.8) is 0 Å². The minimum atomic E-state index is 0.0940. The van der Waals surface area contributed by atoms with Gasteiger partial charge < -0.3 is 0 Å². The molecule has 3 atom stereocenters. The molecule has 0 N–H and O–H groups in total. The largest absolute Gasteiger partial charge is 0.299 e. The van der Waals surface area contributed by atoms with Crippen molar-refractivity contribution in [1.29, 1.82) is 0 Å². The molecule has 0 aromatic carbocycles. The molecular formula is C16H21NO. The second-order valence-electron chi connectivity index (χ2n) is 6.01. The summed E-state index contributed by atoms with van der Waals surface area (Å²) in [6, 6.07) is 4.10. The minimum absolute atomic E-state index is 0.0940. The second-order valence-corrected chi connectivity index (χ2v) is 6.01. The van der Waals surface area contributed by atoms with Crippen molar-refractivity contribution in [3.8, 4) is 0 Å². The summed E-state index contributed by atoms with van der Waals surface area (Å²) in [6.07, 6.45) is 8.55. The van der Waals surface area contributed by atoms with Crippen LogP contribution in [0.1, 0.15) is 56.2 Å². The number of fused-ring (bicyclic) bond motifs is 1. The molecule has 1 saturated carbocycles. The van der Waals surface area contributed by atoms with E-state index in [-0.39, 0.29) is 5.92 Å². The number of pyridine rings is 1. The van der Waals surface area contributed by atoms with Crippen LogP contribution >= 0.6 is 0 Å². The third kappa shape index (κ3) is 2.09. The second kappa shape index (κ2) is 4.83. The van der Waals surface area contributed by atoms with Crippen LogP contribution in [0.2, 0.25) is 0 Å². The molecule has 2 aliphatic rings. The molecule has 3 rings (SSSR count). The molecule has 0 radical (unpaired) electrons. The molecule has 0 bridgehead atoms. The zero-order chi connectivity index (χ0) is 12.5. The van der Waals surface area contributed by atoms with Gasteiger partial charge in [-0.25, -0.2) is 0 Å². The predicted molar refractivity (Wildman–Crippen MR) is 71.4 cm³/mol. The SMILES string of the molecule is CC1CCCC(C(=O)C2CCc3cccnc32)C1. The first kappa shape index (κ1) is 11.9. The number of carbonyl (C=O) groups excluding carboxylic acids is 1. The Balaban J connectivity index is 1.78. The van der Waals surface area contributed by atoms with Crippen LogP contribution in [0.15, 0.2) is 18.3 Å². The molecule has 0 amide bonds. The summed E-state index contributed by atoms with van der Waals surface area (Å²) in [4.78, 5) is 17.1. The summed E-state index contributed by atoms with van der Waals surface area (Å²) >= 11 is 0. The monoisotopic (exact) mass is 243 g/mol. The quantitative estimate of drug-likeness (QED) is 0.795. The van der Waals surface area contributed by atoms with E-state index in [0.717, 1.165) is 37.3 Å². The summed E-state index contributed by atoms with van der Waals surface area (Å²) in [5, 5.41) is 0. The molecule has 1 aromatic heterocycles. The summed E-state index contributed by atoms with van der Waals surface area (Å²) in [5.41, 5.74) is 2.36. The maximum absolute atomic E-state index is 12.7. The number of hydrogen-bond acceptors (Lipinski definition) is 2. The molecule has 2 nitrogen and oxygen atoms in total. The van der Waals surface area contributed by atoms with E-state index in [9.17, 15) is 4.79 Å². The van der Waals surface area contributed by atoms with Crippen molar-refractivity contribution in [2.45, 2.75) is 51.4 Å². The molecule has 96 valence electrons. The first-order valence-electron chi connectivity index (χ1n) is 7.23. The van der Waals surface area contributed by atoms with Crippen molar-refractivity contribution in [1.82, 2.24) is 4.98 Å². The van der Waals surface area contributed by atoms with Crippen LogP contribution in [0, 0.1) is 11.8 Å². The number of Topliss-reactive ketones (excluding diaryl/α,β-unsaturated/α-hetero) is 1. The number of ketones is 1. The standard InChI is InChI=1S/C16H21NO/c1-11-4-2-5-13(10-11)16(18)14-8-7-12-6-3-9-17-15(12)14/h3,6,9,11,13-14H,2,4-5,7-8,10H2,1H3. The van der Waals surface area contributed by atoms with Gasteiger partial charge in [-0.1, -0.05) is 25.8 Å². The van der Waals surface area contributed by atoms with Gasteiger partial charge >= 0.3 is 0 Å². The average molecular weight is 243 g/mol. The first-order valence-corrected chi connectivity index (χ1v) is 7.23. The van der Waals surface area contributed by atoms with Gasteiger partial charge in [0.1, 0.15) is 5.78 Å². The zero-order valence-electron chi connectivity index (χ0n) is 11.1. The third-order valence-corrected chi connectivity index (χ3v) is 4.64. The highest BCUT2D eigenvalue weighted by Crippen LogP contribution is 2.38. The molecule has 2 aliphatic carbocycles. The Morgan fingerprint density at radius 3 is 3.06 bits per heavy atom. The van der Waals surface area contributed by atoms with Crippen LogP contribution in [0.3, 0.4) is 0 Å². The lowest BCUT2D eigenvalue weighted by Gasteiger charge is -2.27. The number of aryl methyl sites for hydroxylation is 1. The lowest BCUT2D eigenvalue weighted by Crippen LogP contribution is -2.26. The van der Waals surface area contributed by atoms with Gasteiger partial charge in [-0.15, -0.1) is 0 Å². The summed E-state index contributed by atoms with van der Waals surface area (Å²) in [5.74, 6) is 1.58. The maximum atomic E-state index is 12.7. The smallest absolute Gasteiger partial charge is 0.145 e. The lowest BCUT2D eigenvalue weighted by molar-refractivity contribution is -0.125. The molecular weight excluding hydrogens is 222 g/mol. The molecule has 1 aromatic rings. The van der Waals surface area contributed by atoms with Crippen LogP contribution in [0.4, 0.5) is 0 Å². The first-order chi connectivity index (χ1) is 8.75. The molecule has 3 unspecified atom stereocenters. The molecule has 18 heavy (non-hydrogen) atoms. The Kier molecular flexibility index (Phi) is 3.19. The van der Waals surface area contributed by atoms with E-state index >= 15 is 0 Å². The molecule has 1 fully saturated rings. The average Bonchev–Trinajstić information content (AvgIpc) is 2.82. The van der Waals surface area contributed by atoms with Gasteiger partial charge in [0.15, 0.2) is 0 Å². The Morgan fingerprint density at radius 1 is 1.33 bits per heavy atom. The Morgan fingerprint density at radius 2 is 2.22 bits per heavy atom. The van der Waals surface area contributed by atoms with Gasteiger partial charge in [0.05, 0.1) is 11.6 Å². The highest BCUT2D eigenvalue weighted by Gasteiger charge is 2.35. The van der Waals surface area contributed by atoms with E-state index in [0.29, 0.717) is 11.7 Å². The van der Waals surface area contributed by atoms with Crippen molar-refractivity contribution in [2.24, 2.45) is 11.8 Å². The summed E-state index contributed by atoms with van der Waals surface area (Å²) in [6.45, 7) is 2.28. The van der Waals surface area contributed by atoms with Crippen LogP contribution in [0.25, 0.3) is 0 Å². The van der Waals surface area contributed by atoms with Crippen molar-refractivity contribution < 1.29 is 4.79 Å². The molecule has 2 heteroatoms. The fraction of sp³-hybridized carbons (Fsp3) is 0.625. The van der Waals surface area contributed by atoms with Crippen molar-refractivity contribution >= 4 is 5.78 Å². The van der Waals surface area contributed by atoms with E-state index in [4.69, 9.17) is 0 Å². The maximum Gasteiger partial charge on any atom is 0.145 e. The third-order valence-electron chi connectivity index (χ3n) is 4.64. The normalized spacial score (nSPS) is 31.1. The fourth-order valence-electron chi connectivity index (χ4n) is 3.67. The molecule has 0 spiro atoms. The Labute approximate surface area is 109 Å². The van der Waals surface area contributed by atoms with E-state index in [2.05, 4.69) is 18.0 Å². The number of nitrogens with zero attached hydrogens (tertiary/aromatic N) is 1. The predicted octanol–water partition coefficient (Wildman–Crippen LogP) is 3.51. The highest BCUT2D eigenvalue weighted by molar-refractivity contribution is 5.88. The highest BCUT2D eigenvalue weighted by atomic mass is 16.1. The minimum Gasteiger partial charge on any atom is -0.299 e. The van der Waals surface area contributed by atoms with Gasteiger partial charge in [0, 0.05) is 12.1 Å². The van der Waals surface area contributed by atoms with Gasteiger partial charge in [-0.3, -0.25) is 9.78 Å². The Bertz CT molecular complexity index is 454. The van der Waals surface area contributed by atoms with E-state index in [1.54, 1.807) is 0 Å². The number of aromatic nitrogens is 1. The van der Waals surface area contributed by atoms with Crippen LogP contribution in [0.5, 0.6) is 0 Å². The number of carbonyl (C=O) groups is 1. The van der Waals surface area contributed by atoms with Gasteiger partial charge in [0.2, 0.25) is 0 Å². The summed E-state index contributed by atoms with van der Waals surface area (Å²) in [7, 11) is 0. The van der Waals surface area contributed by atoms with Gasteiger partial charge in [0.25, 0.3) is 0 Å². The molecule has 0 aliphatic heterocycles. The van der Waals surface area contributed by atoms with Crippen molar-refractivity contribution in [2.75, 3.05) is 0 Å². The van der Waals surface area contributed by atoms with E-state index in [1.165, 1.54) is 18.4 Å². The summed E-state index contributed by atoms with van der Waals surface area (Å²) < 4.78 is 0. The van der Waals surface area contributed by atoms with E-state index < -0.39 is 0 Å². The van der Waals surface area contributed by atoms with Gasteiger partial charge in [-0.05, 0) is 43.2 Å². The van der Waals surface area contributed by atoms with Gasteiger partial charge in [-0.2, -0.15) is 0 Å². The number of hydrogen-bond donors (Lipinski definition) is 0. The molecule has 0 saturated heterocycles. The van der Waals surface area contributed by atoms with Crippen LogP contribution < -0.4 is 0 Å². The topological polar surface area (TPSA) is 30.0 Å². The van der Waals surface area contributed by atoms with Crippen LogP contribution in [-0.2, 0) is 11.2 Å². The van der Waals surface area contributed by atoms with E-state index in [1.807, 2.05) is 12.3 Å². The Hall–Kier alpha value is -1.18. The number of rotatable bonds is 2. The fourth-order valence-corrected chi connectivity index (χ4v) is 3.67. The lowest BCUT2D eigenvalue weighted by atomic mass is 9.77. The zero-order valence-corrected chi connectivity index (χ0v) is 11.1. The van der Waals surface area contributed by atoms with Crippen molar-refractivity contribution in [3.05, 3.63) is 29.6 Å². The molecule has 1 heterocycles.